The Morgan fingerprint density at radius 1 is 0.521 bits per heavy atom. The zero-order chi connectivity index (χ0) is 35.3. The van der Waals surface area contributed by atoms with Gasteiger partial charge >= 0.3 is 11.9 Å². The van der Waals surface area contributed by atoms with Crippen LogP contribution in [0.5, 0.6) is 0 Å². The molecule has 0 heterocycles. The molecule has 0 aliphatic carbocycles. The number of ether oxygens (including phenoxy) is 3. The Morgan fingerprint density at radius 3 is 1.42 bits per heavy atom. The highest BCUT2D eigenvalue weighted by Gasteiger charge is 2.13. The van der Waals surface area contributed by atoms with Gasteiger partial charge in [0.05, 0.1) is 6.61 Å². The molecule has 280 valence electrons. The van der Waals surface area contributed by atoms with E-state index in [0.717, 1.165) is 96.7 Å². The van der Waals surface area contributed by atoms with Gasteiger partial charge in [0, 0.05) is 32.5 Å². The molecule has 0 aromatic rings. The molecule has 0 saturated carbocycles. The van der Waals surface area contributed by atoms with Gasteiger partial charge in [-0.1, -0.05) is 115 Å². The summed E-state index contributed by atoms with van der Waals surface area (Å²) >= 11 is 0. The Bertz CT molecular complexity index is 762. The van der Waals surface area contributed by atoms with Crippen LogP contribution in [0.1, 0.15) is 155 Å². The van der Waals surface area contributed by atoms with Crippen molar-refractivity contribution in [2.24, 2.45) is 0 Å². The van der Waals surface area contributed by atoms with E-state index in [9.17, 15) is 14.4 Å². The second-order valence-corrected chi connectivity index (χ2v) is 13.3. The van der Waals surface area contributed by atoms with E-state index >= 15 is 0 Å². The summed E-state index contributed by atoms with van der Waals surface area (Å²) in [6, 6.07) is 0. The van der Waals surface area contributed by atoms with Crippen LogP contribution in [-0.4, -0.2) is 87.8 Å². The van der Waals surface area contributed by atoms with Crippen LogP contribution in [-0.2, 0) is 28.6 Å². The highest BCUT2D eigenvalue weighted by atomic mass is 16.5. The molecule has 8 nitrogen and oxygen atoms in total. The molecule has 0 aliphatic heterocycles. The Balaban J connectivity index is 4.12. The lowest BCUT2D eigenvalue weighted by atomic mass is 10.1. The summed E-state index contributed by atoms with van der Waals surface area (Å²) in [5, 5.41) is 0. The fraction of sp³-hybridized carbons (Fsp3) is 0.825. The maximum absolute atomic E-state index is 12.9. The highest BCUT2D eigenvalue weighted by molar-refractivity contribution is 5.77. The van der Waals surface area contributed by atoms with Crippen LogP contribution in [0.25, 0.3) is 0 Å². The molecule has 0 fully saturated rings. The second-order valence-electron chi connectivity index (χ2n) is 13.3. The summed E-state index contributed by atoms with van der Waals surface area (Å²) in [7, 11) is 3.99. The predicted octanol–water partition coefficient (Wildman–Crippen LogP) is 9.21. The van der Waals surface area contributed by atoms with Crippen LogP contribution < -0.4 is 0 Å². The molecule has 0 spiro atoms. The fourth-order valence-electron chi connectivity index (χ4n) is 5.24. The lowest BCUT2D eigenvalue weighted by Crippen LogP contribution is -2.36. The number of esters is 2. The van der Waals surface area contributed by atoms with Crippen molar-refractivity contribution < 1.29 is 28.6 Å². The first-order valence-electron chi connectivity index (χ1n) is 19.5. The molecule has 0 aliphatic rings. The molecule has 8 heteroatoms. The number of hydrogen-bond acceptors (Lipinski definition) is 7. The van der Waals surface area contributed by atoms with Gasteiger partial charge in [-0.25, -0.2) is 0 Å². The molecular formula is C40H74N2O6. The van der Waals surface area contributed by atoms with Gasteiger partial charge in [0.25, 0.3) is 0 Å². The zero-order valence-corrected chi connectivity index (χ0v) is 31.7. The SMILES string of the molecule is CCCCCCC=CCOC(=O)CCCCCCCN(CCCCCCCC(=O)OCC=CCCCCCC)C(=O)COCCN(C)C. The summed E-state index contributed by atoms with van der Waals surface area (Å²) in [6.45, 7) is 8.11. The number of likely N-dealkylation sites (N-methyl/N-ethyl adjacent to an activating group) is 1. The number of carbonyl (C=O) groups is 3. The number of amides is 1. The van der Waals surface area contributed by atoms with Gasteiger partial charge in [0.1, 0.15) is 19.8 Å². The molecule has 0 aromatic heterocycles. The first-order chi connectivity index (χ1) is 23.4. The maximum atomic E-state index is 12.9. The number of hydrogen-bond donors (Lipinski definition) is 0. The van der Waals surface area contributed by atoms with Crippen molar-refractivity contribution in [2.75, 3.05) is 60.2 Å². The predicted molar refractivity (Wildman–Crippen MR) is 199 cm³/mol. The topological polar surface area (TPSA) is 85.4 Å². The first-order valence-corrected chi connectivity index (χ1v) is 19.5. The van der Waals surface area contributed by atoms with Gasteiger partial charge in [-0.2, -0.15) is 0 Å². The largest absolute Gasteiger partial charge is 0.461 e. The zero-order valence-electron chi connectivity index (χ0n) is 31.7. The Kier molecular flexibility index (Phi) is 34.5. The molecule has 0 rings (SSSR count). The van der Waals surface area contributed by atoms with Gasteiger partial charge in [-0.3, -0.25) is 14.4 Å². The van der Waals surface area contributed by atoms with Gasteiger partial charge < -0.3 is 24.0 Å². The molecule has 0 bridgehead atoms. The summed E-state index contributed by atoms with van der Waals surface area (Å²) in [5.41, 5.74) is 0. The van der Waals surface area contributed by atoms with E-state index in [1.165, 1.54) is 51.4 Å². The van der Waals surface area contributed by atoms with Crippen LogP contribution in [0.3, 0.4) is 0 Å². The van der Waals surface area contributed by atoms with Crippen molar-refractivity contribution in [1.82, 2.24) is 9.80 Å². The highest BCUT2D eigenvalue weighted by Crippen LogP contribution is 2.11. The number of allylic oxidation sites excluding steroid dienone is 2. The maximum Gasteiger partial charge on any atom is 0.306 e. The smallest absolute Gasteiger partial charge is 0.306 e. The molecule has 0 aromatic carbocycles. The fourth-order valence-corrected chi connectivity index (χ4v) is 5.24. The molecule has 0 unspecified atom stereocenters. The van der Waals surface area contributed by atoms with Crippen molar-refractivity contribution in [3.63, 3.8) is 0 Å². The molecule has 0 radical (unpaired) electrons. The quantitative estimate of drug-likeness (QED) is 0.0375. The van der Waals surface area contributed by atoms with E-state index in [0.29, 0.717) is 32.7 Å². The van der Waals surface area contributed by atoms with Crippen molar-refractivity contribution in [1.29, 1.82) is 0 Å². The summed E-state index contributed by atoms with van der Waals surface area (Å²) in [6.07, 6.45) is 30.9. The molecule has 1 amide bonds. The third-order valence-corrected chi connectivity index (χ3v) is 8.34. The number of carbonyl (C=O) groups excluding carboxylic acids is 3. The van der Waals surface area contributed by atoms with E-state index in [-0.39, 0.29) is 24.5 Å². The van der Waals surface area contributed by atoms with E-state index < -0.39 is 0 Å². The van der Waals surface area contributed by atoms with Crippen LogP contribution >= 0.6 is 0 Å². The third-order valence-electron chi connectivity index (χ3n) is 8.34. The van der Waals surface area contributed by atoms with Gasteiger partial charge in [-0.15, -0.1) is 0 Å². The van der Waals surface area contributed by atoms with Crippen molar-refractivity contribution in [3.05, 3.63) is 24.3 Å². The van der Waals surface area contributed by atoms with Crippen molar-refractivity contribution >= 4 is 17.8 Å². The lowest BCUT2D eigenvalue weighted by molar-refractivity contribution is -0.143. The lowest BCUT2D eigenvalue weighted by Gasteiger charge is -2.23. The van der Waals surface area contributed by atoms with Gasteiger partial charge in [0.2, 0.25) is 5.91 Å². The molecule has 0 saturated heterocycles. The average Bonchev–Trinajstić information content (AvgIpc) is 3.07. The van der Waals surface area contributed by atoms with Gasteiger partial charge in [0.15, 0.2) is 0 Å². The molecule has 48 heavy (non-hydrogen) atoms. The van der Waals surface area contributed by atoms with E-state index in [4.69, 9.17) is 14.2 Å². The van der Waals surface area contributed by atoms with E-state index in [2.05, 4.69) is 26.0 Å². The molecule has 0 N–H and O–H groups in total. The number of rotatable bonds is 35. The minimum absolute atomic E-state index is 0.0595. The normalized spacial score (nSPS) is 11.6. The standard InChI is InChI=1S/C40H74N2O6/c1-5-7-9-11-13-21-27-34-47-39(44)29-23-17-15-19-25-31-42(38(43)37-46-36-33-41(3)4)32-26-20-16-18-24-30-40(45)48-35-28-22-14-12-10-8-6-2/h21-22,27-28H,5-20,23-26,29-37H2,1-4H3. The number of nitrogens with zero attached hydrogens (tertiary/aromatic N) is 2. The van der Waals surface area contributed by atoms with Crippen LogP contribution in [0.15, 0.2) is 24.3 Å². The Morgan fingerprint density at radius 2 is 0.958 bits per heavy atom. The Hall–Kier alpha value is -2.19. The monoisotopic (exact) mass is 679 g/mol. The van der Waals surface area contributed by atoms with Crippen LogP contribution in [0.2, 0.25) is 0 Å². The van der Waals surface area contributed by atoms with Crippen LogP contribution in [0.4, 0.5) is 0 Å². The molecule has 0 atom stereocenters. The third kappa shape index (κ3) is 33.7. The summed E-state index contributed by atoms with van der Waals surface area (Å²) < 4.78 is 16.3. The Labute approximate surface area is 295 Å². The first kappa shape index (κ1) is 45.8. The molecular weight excluding hydrogens is 604 g/mol. The van der Waals surface area contributed by atoms with Gasteiger partial charge in [-0.05, 0) is 65.5 Å². The minimum Gasteiger partial charge on any atom is -0.461 e. The average molecular weight is 679 g/mol. The van der Waals surface area contributed by atoms with Crippen molar-refractivity contribution in [3.8, 4) is 0 Å². The van der Waals surface area contributed by atoms with E-state index in [1.807, 2.05) is 36.0 Å². The second kappa shape index (κ2) is 36.1. The summed E-state index contributed by atoms with van der Waals surface area (Å²) in [5.74, 6) is -0.176. The summed E-state index contributed by atoms with van der Waals surface area (Å²) in [4.78, 5) is 40.9. The van der Waals surface area contributed by atoms with E-state index in [1.54, 1.807) is 0 Å². The van der Waals surface area contributed by atoms with Crippen LogP contribution in [0, 0.1) is 0 Å². The number of unbranched alkanes of at least 4 members (excludes halogenated alkanes) is 16. The minimum atomic E-state index is -0.118. The van der Waals surface area contributed by atoms with Crippen molar-refractivity contribution in [2.45, 2.75) is 155 Å².